The summed E-state index contributed by atoms with van der Waals surface area (Å²) >= 11 is 0. The molecule has 0 spiro atoms. The number of benzene rings is 1. The minimum atomic E-state index is -0.844. The number of nitro benzene ring substituents is 1. The number of hydrogen-bond acceptors (Lipinski definition) is 10. The Morgan fingerprint density at radius 1 is 1.20 bits per heavy atom. The lowest BCUT2D eigenvalue weighted by Crippen LogP contribution is -2.53. The maximum atomic E-state index is 12.7. The Morgan fingerprint density at radius 3 is 2.52 bits per heavy atom. The predicted octanol–water partition coefficient (Wildman–Crippen LogP) is 5.95. The van der Waals surface area contributed by atoms with E-state index in [2.05, 4.69) is 20.3 Å². The quantitative estimate of drug-likeness (QED) is 0.122. The number of fused-ring (bicyclic) bond motifs is 1. The Kier molecular flexibility index (Phi) is 10.9. The lowest BCUT2D eigenvalue weighted by molar-refractivity contribution is -0.383. The van der Waals surface area contributed by atoms with Gasteiger partial charge in [-0.2, -0.15) is 0 Å². The van der Waals surface area contributed by atoms with Crippen LogP contribution >= 0.6 is 0 Å². The lowest BCUT2D eigenvalue weighted by Gasteiger charge is -2.36. The molecular formula is C28H43N5O7. The van der Waals surface area contributed by atoms with Gasteiger partial charge in [-0.3, -0.25) is 15.0 Å². The number of allylic oxidation sites excluding steroid dienone is 1. The van der Waals surface area contributed by atoms with Crippen LogP contribution in [0.5, 0.6) is 0 Å². The summed E-state index contributed by atoms with van der Waals surface area (Å²) in [6.45, 7) is 10.0. The van der Waals surface area contributed by atoms with Crippen molar-refractivity contribution in [2.75, 3.05) is 18.5 Å². The van der Waals surface area contributed by atoms with Gasteiger partial charge in [0, 0.05) is 12.6 Å². The molecule has 1 aliphatic rings. The highest BCUT2D eigenvalue weighted by Crippen LogP contribution is 2.31. The van der Waals surface area contributed by atoms with Crippen LogP contribution in [0.25, 0.3) is 11.0 Å². The number of hydrogen-bond donors (Lipinski definition) is 2. The number of nitrogens with one attached hydrogen (secondary N) is 1. The molecule has 2 heterocycles. The monoisotopic (exact) mass is 561 g/mol. The summed E-state index contributed by atoms with van der Waals surface area (Å²) in [5.41, 5.74) is -0.386. The van der Waals surface area contributed by atoms with Crippen LogP contribution in [-0.2, 0) is 9.47 Å². The van der Waals surface area contributed by atoms with Crippen molar-refractivity contribution < 1.29 is 28.9 Å². The SMILES string of the molecule is CC(C)(C)OC(=O)N1[C@H]([C@H](O)/C=C/CCCCCCCCCNc2ccc([N+](=O)[O-])c3nonc23)COC1(C)C. The molecular weight excluding hydrogens is 518 g/mol. The van der Waals surface area contributed by atoms with Gasteiger partial charge >= 0.3 is 11.8 Å². The molecule has 0 radical (unpaired) electrons. The number of aliphatic hydroxyl groups excluding tert-OH is 1. The van der Waals surface area contributed by atoms with Crippen LogP contribution in [0.4, 0.5) is 16.2 Å². The highest BCUT2D eigenvalue weighted by Gasteiger charge is 2.47. The number of nitro groups is 1. The van der Waals surface area contributed by atoms with Gasteiger partial charge < -0.3 is 19.9 Å². The van der Waals surface area contributed by atoms with Crippen molar-refractivity contribution in [2.45, 2.75) is 109 Å². The van der Waals surface area contributed by atoms with Crippen LogP contribution in [0.1, 0.15) is 86.0 Å². The fraction of sp³-hybridized carbons (Fsp3) is 0.679. The normalized spacial score (nSPS) is 17.9. The van der Waals surface area contributed by atoms with E-state index in [0.29, 0.717) is 11.2 Å². The van der Waals surface area contributed by atoms with Gasteiger partial charge in [0.15, 0.2) is 5.52 Å². The first-order valence-corrected chi connectivity index (χ1v) is 14.1. The summed E-state index contributed by atoms with van der Waals surface area (Å²) < 4.78 is 16.0. The molecule has 12 heteroatoms. The van der Waals surface area contributed by atoms with Gasteiger partial charge in [-0.05, 0) is 70.3 Å². The van der Waals surface area contributed by atoms with Crippen molar-refractivity contribution in [1.29, 1.82) is 0 Å². The van der Waals surface area contributed by atoms with E-state index in [4.69, 9.17) is 9.47 Å². The van der Waals surface area contributed by atoms with E-state index in [1.807, 2.05) is 26.8 Å². The average molecular weight is 562 g/mol. The first kappa shape index (κ1) is 31.3. The van der Waals surface area contributed by atoms with Crippen molar-refractivity contribution in [2.24, 2.45) is 0 Å². The molecule has 2 atom stereocenters. The van der Waals surface area contributed by atoms with Crippen molar-refractivity contribution in [3.63, 3.8) is 0 Å². The number of amides is 1. The second-order valence-electron chi connectivity index (χ2n) is 11.6. The first-order chi connectivity index (χ1) is 18.9. The number of ether oxygens (including phenoxy) is 2. The molecule has 0 unspecified atom stereocenters. The zero-order valence-corrected chi connectivity index (χ0v) is 24.2. The largest absolute Gasteiger partial charge is 0.444 e. The molecule has 1 aliphatic heterocycles. The fourth-order valence-electron chi connectivity index (χ4n) is 4.75. The van der Waals surface area contributed by atoms with E-state index in [0.717, 1.165) is 57.9 Å². The highest BCUT2D eigenvalue weighted by atomic mass is 16.6. The summed E-state index contributed by atoms with van der Waals surface area (Å²) in [5.74, 6) is 0. The van der Waals surface area contributed by atoms with E-state index in [1.54, 1.807) is 26.0 Å². The maximum Gasteiger partial charge on any atom is 0.413 e. The van der Waals surface area contributed by atoms with E-state index in [1.165, 1.54) is 11.0 Å². The van der Waals surface area contributed by atoms with E-state index < -0.39 is 34.5 Å². The van der Waals surface area contributed by atoms with Crippen molar-refractivity contribution >= 4 is 28.5 Å². The van der Waals surface area contributed by atoms with Crippen molar-refractivity contribution in [3.8, 4) is 0 Å². The third-order valence-corrected chi connectivity index (χ3v) is 6.79. The van der Waals surface area contributed by atoms with Gasteiger partial charge in [0.1, 0.15) is 11.3 Å². The number of anilines is 1. The molecule has 1 aromatic heterocycles. The zero-order valence-electron chi connectivity index (χ0n) is 24.2. The predicted molar refractivity (Wildman–Crippen MR) is 151 cm³/mol. The smallest absolute Gasteiger partial charge is 0.413 e. The second kappa shape index (κ2) is 13.9. The number of aromatic nitrogens is 2. The van der Waals surface area contributed by atoms with Crippen molar-refractivity contribution in [1.82, 2.24) is 15.2 Å². The molecule has 1 fully saturated rings. The second-order valence-corrected chi connectivity index (χ2v) is 11.6. The fourth-order valence-corrected chi connectivity index (χ4v) is 4.75. The molecule has 2 N–H and O–H groups in total. The van der Waals surface area contributed by atoms with Crippen LogP contribution in [0.2, 0.25) is 0 Å². The molecule has 2 aromatic rings. The minimum Gasteiger partial charge on any atom is -0.444 e. The molecule has 1 saturated heterocycles. The number of carbonyl (C=O) groups excluding carboxylic acids is 1. The Hall–Kier alpha value is -3.25. The third-order valence-electron chi connectivity index (χ3n) is 6.79. The number of non-ortho nitro benzene ring substituents is 1. The van der Waals surface area contributed by atoms with Crippen LogP contribution in [0.3, 0.4) is 0 Å². The summed E-state index contributed by atoms with van der Waals surface area (Å²) in [7, 11) is 0. The van der Waals surface area contributed by atoms with Crippen LogP contribution < -0.4 is 5.32 Å². The molecule has 1 amide bonds. The van der Waals surface area contributed by atoms with Crippen LogP contribution in [-0.4, -0.2) is 68.0 Å². The molecule has 0 aliphatic carbocycles. The minimum absolute atomic E-state index is 0.120. The Labute approximate surface area is 235 Å². The van der Waals surface area contributed by atoms with Gasteiger partial charge in [-0.1, -0.05) is 44.3 Å². The average Bonchev–Trinajstić information content (AvgIpc) is 3.47. The first-order valence-electron chi connectivity index (χ1n) is 14.1. The lowest BCUT2D eigenvalue weighted by atomic mass is 10.1. The van der Waals surface area contributed by atoms with Gasteiger partial charge in [0.25, 0.3) is 0 Å². The zero-order chi connectivity index (χ0) is 29.3. The van der Waals surface area contributed by atoms with Gasteiger partial charge in [-0.15, -0.1) is 0 Å². The molecule has 3 rings (SSSR count). The Balaban J connectivity index is 1.27. The number of rotatable bonds is 14. The Bertz CT molecular complexity index is 1160. The number of carbonyl (C=O) groups is 1. The van der Waals surface area contributed by atoms with Gasteiger partial charge in [-0.25, -0.2) is 9.42 Å². The van der Waals surface area contributed by atoms with E-state index in [-0.39, 0.29) is 17.8 Å². The molecule has 12 nitrogen and oxygen atoms in total. The number of aliphatic hydroxyl groups is 1. The molecule has 0 saturated carbocycles. The molecule has 40 heavy (non-hydrogen) atoms. The Morgan fingerprint density at radius 2 is 1.85 bits per heavy atom. The molecule has 222 valence electrons. The third kappa shape index (κ3) is 8.62. The van der Waals surface area contributed by atoms with Crippen LogP contribution in [0, 0.1) is 10.1 Å². The van der Waals surface area contributed by atoms with Crippen molar-refractivity contribution in [3.05, 3.63) is 34.4 Å². The summed E-state index contributed by atoms with van der Waals surface area (Å²) in [6.07, 6.45) is 10.9. The standard InChI is InChI=1S/C28H43N5O7/c1-27(2,3)39-26(35)32-22(19-38-28(32,4)5)23(34)15-13-11-9-7-6-8-10-12-14-18-29-20-16-17-21(33(36)37)25-24(20)30-40-31-25/h13,15-17,22-23,29,34H,6-12,14,18-19H2,1-5H3/b15-13+/t22-,23+/m0/s1. The molecule has 1 aromatic carbocycles. The van der Waals surface area contributed by atoms with E-state index in [9.17, 15) is 20.0 Å². The molecule has 0 bridgehead atoms. The summed E-state index contributed by atoms with van der Waals surface area (Å²) in [6, 6.07) is 2.56. The van der Waals surface area contributed by atoms with Crippen LogP contribution in [0.15, 0.2) is 28.9 Å². The number of nitrogens with zero attached hydrogens (tertiary/aromatic N) is 4. The summed E-state index contributed by atoms with van der Waals surface area (Å²) in [5, 5.41) is 32.5. The summed E-state index contributed by atoms with van der Waals surface area (Å²) in [4.78, 5) is 24.8. The van der Waals surface area contributed by atoms with Gasteiger partial charge in [0.05, 0.1) is 29.4 Å². The van der Waals surface area contributed by atoms with E-state index >= 15 is 0 Å². The topological polar surface area (TPSA) is 153 Å². The van der Waals surface area contributed by atoms with Gasteiger partial charge in [0.2, 0.25) is 5.52 Å². The number of unbranched alkanes of at least 4 members (excludes halogenated alkanes) is 7. The maximum absolute atomic E-state index is 12.7. The highest BCUT2D eigenvalue weighted by molar-refractivity contribution is 5.93.